The van der Waals surface area contributed by atoms with E-state index in [1.165, 1.54) is 5.69 Å². The van der Waals surface area contributed by atoms with Crippen LogP contribution in [0.5, 0.6) is 0 Å². The van der Waals surface area contributed by atoms with Crippen LogP contribution in [0.2, 0.25) is 0 Å². The number of carbonyl (C=O) groups excluding carboxylic acids is 1. The summed E-state index contributed by atoms with van der Waals surface area (Å²) >= 11 is 0. The number of aromatic nitrogens is 1. The third kappa shape index (κ3) is 4.92. The second-order valence-electron chi connectivity index (χ2n) is 7.21. The Morgan fingerprint density at radius 3 is 2.34 bits per heavy atom. The molecule has 3 aromatic rings. The highest BCUT2D eigenvalue weighted by Crippen LogP contribution is 2.22. The Balaban J connectivity index is 1.40. The molecular formula is C23H25N5O. The van der Waals surface area contributed by atoms with Crippen LogP contribution in [0.4, 0.5) is 22.9 Å². The number of para-hydroxylation sites is 1. The number of nitrogens with one attached hydrogen (secondary N) is 2. The van der Waals surface area contributed by atoms with Gasteiger partial charge in [0.15, 0.2) is 0 Å². The molecule has 0 spiro atoms. The molecule has 2 aromatic carbocycles. The molecule has 6 nitrogen and oxygen atoms in total. The predicted octanol–water partition coefficient (Wildman–Crippen LogP) is 3.83. The maximum atomic E-state index is 12.5. The molecule has 6 heteroatoms. The molecule has 0 unspecified atom stereocenters. The van der Waals surface area contributed by atoms with Gasteiger partial charge in [0.2, 0.25) is 0 Å². The van der Waals surface area contributed by atoms with Crippen molar-refractivity contribution in [1.82, 2.24) is 9.88 Å². The van der Waals surface area contributed by atoms with Crippen LogP contribution in [0, 0.1) is 0 Å². The molecule has 0 radical (unpaired) electrons. The van der Waals surface area contributed by atoms with Crippen molar-refractivity contribution in [3.8, 4) is 0 Å². The number of rotatable bonds is 5. The van der Waals surface area contributed by atoms with Gasteiger partial charge in [-0.05, 0) is 55.6 Å². The van der Waals surface area contributed by atoms with Gasteiger partial charge in [-0.2, -0.15) is 0 Å². The summed E-state index contributed by atoms with van der Waals surface area (Å²) in [5.41, 5.74) is 3.49. The monoisotopic (exact) mass is 387 g/mol. The van der Waals surface area contributed by atoms with Crippen LogP contribution in [0.3, 0.4) is 0 Å². The molecule has 1 aliphatic rings. The van der Waals surface area contributed by atoms with Gasteiger partial charge in [-0.25, -0.2) is 4.98 Å². The summed E-state index contributed by atoms with van der Waals surface area (Å²) in [7, 11) is 2.16. The molecule has 1 amide bonds. The van der Waals surface area contributed by atoms with Crippen molar-refractivity contribution in [2.24, 2.45) is 0 Å². The minimum Gasteiger partial charge on any atom is -0.369 e. The molecular weight excluding hydrogens is 362 g/mol. The van der Waals surface area contributed by atoms with E-state index in [-0.39, 0.29) is 5.91 Å². The molecule has 1 fully saturated rings. The maximum Gasteiger partial charge on any atom is 0.255 e. The highest BCUT2D eigenvalue weighted by Gasteiger charge is 2.14. The van der Waals surface area contributed by atoms with E-state index in [1.807, 2.05) is 42.5 Å². The zero-order valence-corrected chi connectivity index (χ0v) is 16.5. The Kier molecular flexibility index (Phi) is 5.72. The van der Waals surface area contributed by atoms with E-state index >= 15 is 0 Å². The number of hydrogen-bond donors (Lipinski definition) is 2. The molecule has 0 saturated carbocycles. The zero-order valence-electron chi connectivity index (χ0n) is 16.5. The lowest BCUT2D eigenvalue weighted by molar-refractivity contribution is 0.102. The average Bonchev–Trinajstić information content (AvgIpc) is 2.76. The van der Waals surface area contributed by atoms with E-state index < -0.39 is 0 Å². The van der Waals surface area contributed by atoms with Gasteiger partial charge in [-0.3, -0.25) is 4.79 Å². The second kappa shape index (κ2) is 8.75. The lowest BCUT2D eigenvalue weighted by atomic mass is 10.2. The van der Waals surface area contributed by atoms with Crippen molar-refractivity contribution in [3.05, 3.63) is 78.5 Å². The Hall–Kier alpha value is -3.38. The summed E-state index contributed by atoms with van der Waals surface area (Å²) in [6.45, 7) is 4.26. The van der Waals surface area contributed by atoms with Crippen molar-refractivity contribution < 1.29 is 4.79 Å². The fourth-order valence-electron chi connectivity index (χ4n) is 3.33. The van der Waals surface area contributed by atoms with Crippen LogP contribution in [0.15, 0.2) is 72.9 Å². The number of amides is 1. The Bertz CT molecular complexity index is 951. The lowest BCUT2D eigenvalue weighted by Gasteiger charge is -2.34. The molecule has 1 saturated heterocycles. The normalized spacial score (nSPS) is 14.4. The van der Waals surface area contributed by atoms with Gasteiger partial charge in [0.05, 0.1) is 0 Å². The summed E-state index contributed by atoms with van der Waals surface area (Å²) < 4.78 is 0. The minimum atomic E-state index is -0.160. The van der Waals surface area contributed by atoms with Gasteiger partial charge < -0.3 is 20.4 Å². The van der Waals surface area contributed by atoms with Crippen LogP contribution < -0.4 is 15.5 Å². The molecule has 0 aliphatic carbocycles. The van der Waals surface area contributed by atoms with Crippen molar-refractivity contribution in [2.75, 3.05) is 48.8 Å². The van der Waals surface area contributed by atoms with E-state index in [0.717, 1.165) is 37.6 Å². The second-order valence-corrected chi connectivity index (χ2v) is 7.21. The highest BCUT2D eigenvalue weighted by molar-refractivity contribution is 6.04. The molecule has 2 heterocycles. The van der Waals surface area contributed by atoms with Gasteiger partial charge in [0.1, 0.15) is 5.82 Å². The average molecular weight is 387 g/mol. The predicted molar refractivity (Wildman–Crippen MR) is 118 cm³/mol. The van der Waals surface area contributed by atoms with Crippen LogP contribution >= 0.6 is 0 Å². The maximum absolute atomic E-state index is 12.5. The number of pyridine rings is 1. The third-order valence-electron chi connectivity index (χ3n) is 5.06. The first-order chi connectivity index (χ1) is 14.2. The van der Waals surface area contributed by atoms with Gasteiger partial charge in [0.25, 0.3) is 5.91 Å². The number of hydrogen-bond acceptors (Lipinski definition) is 5. The van der Waals surface area contributed by atoms with Crippen molar-refractivity contribution in [1.29, 1.82) is 0 Å². The molecule has 0 atom stereocenters. The molecule has 0 bridgehead atoms. The van der Waals surface area contributed by atoms with E-state index in [9.17, 15) is 4.79 Å². The molecule has 148 valence electrons. The van der Waals surface area contributed by atoms with E-state index in [4.69, 9.17) is 0 Å². The SMILES string of the molecule is CN1CCN(c2ccc(Nc3cc(C(=O)Nc4ccccc4)ccn3)cc2)CC1. The number of piperazine rings is 1. The summed E-state index contributed by atoms with van der Waals surface area (Å²) in [6, 6.07) is 21.2. The summed E-state index contributed by atoms with van der Waals surface area (Å²) in [4.78, 5) is 21.6. The van der Waals surface area contributed by atoms with Gasteiger partial charge in [0, 0.05) is 55.0 Å². The van der Waals surface area contributed by atoms with E-state index in [2.05, 4.69) is 44.6 Å². The first-order valence-electron chi connectivity index (χ1n) is 9.80. The van der Waals surface area contributed by atoms with Crippen LogP contribution in [0.25, 0.3) is 0 Å². The van der Waals surface area contributed by atoms with Crippen LogP contribution in [-0.4, -0.2) is 49.0 Å². The Morgan fingerprint density at radius 2 is 1.62 bits per heavy atom. The van der Waals surface area contributed by atoms with Gasteiger partial charge >= 0.3 is 0 Å². The summed E-state index contributed by atoms with van der Waals surface area (Å²) in [6.07, 6.45) is 1.64. The Morgan fingerprint density at radius 1 is 0.897 bits per heavy atom. The quantitative estimate of drug-likeness (QED) is 0.697. The minimum absolute atomic E-state index is 0.160. The number of likely N-dealkylation sites (N-methyl/N-ethyl adjacent to an activating group) is 1. The number of nitrogens with zero attached hydrogens (tertiary/aromatic N) is 3. The van der Waals surface area contributed by atoms with Gasteiger partial charge in [-0.15, -0.1) is 0 Å². The third-order valence-corrected chi connectivity index (χ3v) is 5.06. The van der Waals surface area contributed by atoms with Crippen molar-refractivity contribution >= 4 is 28.8 Å². The smallest absolute Gasteiger partial charge is 0.255 e. The van der Waals surface area contributed by atoms with E-state index in [0.29, 0.717) is 11.4 Å². The first-order valence-corrected chi connectivity index (χ1v) is 9.80. The Labute approximate surface area is 171 Å². The number of benzene rings is 2. The van der Waals surface area contributed by atoms with Crippen LogP contribution in [-0.2, 0) is 0 Å². The number of carbonyl (C=O) groups is 1. The molecule has 29 heavy (non-hydrogen) atoms. The molecule has 2 N–H and O–H groups in total. The largest absolute Gasteiger partial charge is 0.369 e. The number of anilines is 4. The highest BCUT2D eigenvalue weighted by atomic mass is 16.1. The van der Waals surface area contributed by atoms with Crippen molar-refractivity contribution in [2.45, 2.75) is 0 Å². The van der Waals surface area contributed by atoms with Crippen LogP contribution in [0.1, 0.15) is 10.4 Å². The van der Waals surface area contributed by atoms with E-state index in [1.54, 1.807) is 18.3 Å². The molecule has 1 aliphatic heterocycles. The standard InChI is InChI=1S/C23H25N5O/c1-27-13-15-28(16-14-27)21-9-7-20(8-10-21)25-22-17-18(11-12-24-22)23(29)26-19-5-3-2-4-6-19/h2-12,17H,13-16H2,1H3,(H,24,25)(H,26,29). The zero-order chi connectivity index (χ0) is 20.1. The molecule has 1 aromatic heterocycles. The fourth-order valence-corrected chi connectivity index (χ4v) is 3.33. The topological polar surface area (TPSA) is 60.5 Å². The summed E-state index contributed by atoms with van der Waals surface area (Å²) in [5.74, 6) is 0.477. The first kappa shape index (κ1) is 19.0. The molecule has 4 rings (SSSR count). The lowest BCUT2D eigenvalue weighted by Crippen LogP contribution is -2.44. The fraction of sp³-hybridized carbons (Fsp3) is 0.217. The van der Waals surface area contributed by atoms with Gasteiger partial charge in [-0.1, -0.05) is 18.2 Å². The summed E-state index contributed by atoms with van der Waals surface area (Å²) in [5, 5.41) is 6.18. The van der Waals surface area contributed by atoms with Crippen molar-refractivity contribution in [3.63, 3.8) is 0 Å².